The molecule has 2 aromatic heterocycles. The molecule has 38 heavy (non-hydrogen) atoms. The first-order chi connectivity index (χ1) is 18.7. The number of aliphatic imine (C=N–C) groups is 1. The molecule has 0 unspecified atom stereocenters. The van der Waals surface area contributed by atoms with E-state index in [-0.39, 0.29) is 17.8 Å². The van der Waals surface area contributed by atoms with Crippen molar-refractivity contribution >= 4 is 29.1 Å². The molecule has 11 heteroatoms. The van der Waals surface area contributed by atoms with Gasteiger partial charge in [-0.05, 0) is 12.1 Å². The van der Waals surface area contributed by atoms with E-state index in [1.54, 1.807) is 6.07 Å². The highest BCUT2D eigenvalue weighted by Crippen LogP contribution is 2.31. The second-order valence-corrected chi connectivity index (χ2v) is 8.64. The number of morpholine rings is 1. The molecule has 4 aromatic rings. The van der Waals surface area contributed by atoms with Crippen molar-refractivity contribution in [2.24, 2.45) is 4.99 Å². The van der Waals surface area contributed by atoms with E-state index in [9.17, 15) is 10.1 Å². The van der Waals surface area contributed by atoms with Crippen LogP contribution in [0.5, 0.6) is 0 Å². The van der Waals surface area contributed by atoms with E-state index < -0.39 is 6.17 Å². The van der Waals surface area contributed by atoms with E-state index in [0.29, 0.717) is 54.6 Å². The second-order valence-electron chi connectivity index (χ2n) is 8.64. The monoisotopic (exact) mass is 506 g/mol. The van der Waals surface area contributed by atoms with Crippen molar-refractivity contribution in [2.45, 2.75) is 6.17 Å². The van der Waals surface area contributed by atoms with E-state index in [2.05, 4.69) is 31.9 Å². The van der Waals surface area contributed by atoms with Crippen molar-refractivity contribution in [3.8, 4) is 17.5 Å². The Hall–Kier alpha value is -5.08. The molecule has 0 saturated carbocycles. The molecule has 1 fully saturated rings. The molecule has 2 aliphatic heterocycles. The summed E-state index contributed by atoms with van der Waals surface area (Å²) >= 11 is 0. The molecule has 6 rings (SSSR count). The van der Waals surface area contributed by atoms with E-state index in [1.807, 2.05) is 59.5 Å². The summed E-state index contributed by atoms with van der Waals surface area (Å²) in [5.41, 5.74) is 3.86. The van der Waals surface area contributed by atoms with Crippen molar-refractivity contribution in [1.82, 2.24) is 15.2 Å². The number of pyridine rings is 1. The third-order valence-electron chi connectivity index (χ3n) is 6.22. The van der Waals surface area contributed by atoms with Crippen LogP contribution in [0.1, 0.15) is 16.7 Å². The number of aromatic nitrogens is 3. The highest BCUT2D eigenvalue weighted by atomic mass is 16.5. The van der Waals surface area contributed by atoms with Crippen LogP contribution in [0.2, 0.25) is 0 Å². The predicted molar refractivity (Wildman–Crippen MR) is 140 cm³/mol. The SMILES string of the molecule is N#Cc1cnc(N2CCOCC2)c(-c2nnc(N[C@H]3N=C(c4ccccc4)c4ccccc4NC3=O)o2)c1. The van der Waals surface area contributed by atoms with Gasteiger partial charge >= 0.3 is 6.01 Å². The van der Waals surface area contributed by atoms with Crippen LogP contribution < -0.4 is 15.5 Å². The molecule has 1 saturated heterocycles. The van der Waals surface area contributed by atoms with Gasteiger partial charge in [-0.15, -0.1) is 5.10 Å². The largest absolute Gasteiger partial charge is 0.403 e. The van der Waals surface area contributed by atoms with Gasteiger partial charge in [-0.25, -0.2) is 9.98 Å². The second kappa shape index (κ2) is 10.1. The van der Waals surface area contributed by atoms with Gasteiger partial charge in [0.05, 0.1) is 35.7 Å². The Bertz CT molecular complexity index is 1550. The molecule has 1 atom stereocenters. The molecule has 4 heterocycles. The van der Waals surface area contributed by atoms with Gasteiger partial charge in [-0.1, -0.05) is 53.6 Å². The quantitative estimate of drug-likeness (QED) is 0.418. The summed E-state index contributed by atoms with van der Waals surface area (Å²) in [6.45, 7) is 2.42. The Morgan fingerprint density at radius 2 is 1.82 bits per heavy atom. The summed E-state index contributed by atoms with van der Waals surface area (Å²) in [4.78, 5) is 24.4. The van der Waals surface area contributed by atoms with Gasteiger partial charge in [0, 0.05) is 30.4 Å². The van der Waals surface area contributed by atoms with E-state index in [4.69, 9.17) is 14.1 Å². The number of carbonyl (C=O) groups excluding carboxylic acids is 1. The molecule has 0 aliphatic carbocycles. The fraction of sp³-hybridized carbons (Fsp3) is 0.185. The zero-order valence-corrected chi connectivity index (χ0v) is 20.2. The number of benzene rings is 2. The summed E-state index contributed by atoms with van der Waals surface area (Å²) in [6.07, 6.45) is 0.477. The number of nitrogens with zero attached hydrogens (tertiary/aromatic N) is 6. The van der Waals surface area contributed by atoms with Crippen LogP contribution in [0, 0.1) is 11.3 Å². The molecule has 0 spiro atoms. The molecule has 11 nitrogen and oxygen atoms in total. The Balaban J connectivity index is 1.34. The minimum atomic E-state index is -1.03. The molecule has 1 amide bonds. The molecule has 2 aromatic carbocycles. The predicted octanol–water partition coefficient (Wildman–Crippen LogP) is 3.07. The van der Waals surface area contributed by atoms with Crippen LogP contribution in [-0.4, -0.2) is 59.3 Å². The summed E-state index contributed by atoms with van der Waals surface area (Å²) in [7, 11) is 0. The van der Waals surface area contributed by atoms with Crippen molar-refractivity contribution in [3.63, 3.8) is 0 Å². The van der Waals surface area contributed by atoms with Crippen LogP contribution in [0.25, 0.3) is 11.5 Å². The fourth-order valence-electron chi connectivity index (χ4n) is 4.39. The summed E-state index contributed by atoms with van der Waals surface area (Å²) in [6, 6.07) is 20.9. The number of para-hydroxylation sites is 1. The van der Waals surface area contributed by atoms with Gasteiger partial charge in [0.25, 0.3) is 11.8 Å². The number of nitriles is 1. The summed E-state index contributed by atoms with van der Waals surface area (Å²) < 4.78 is 11.4. The molecule has 0 bridgehead atoms. The van der Waals surface area contributed by atoms with Crippen LogP contribution in [-0.2, 0) is 9.53 Å². The smallest absolute Gasteiger partial charge is 0.317 e. The third-order valence-corrected chi connectivity index (χ3v) is 6.22. The first-order valence-corrected chi connectivity index (χ1v) is 12.1. The van der Waals surface area contributed by atoms with E-state index >= 15 is 0 Å². The van der Waals surface area contributed by atoms with Gasteiger partial charge in [0.1, 0.15) is 11.9 Å². The van der Waals surface area contributed by atoms with Crippen LogP contribution in [0.3, 0.4) is 0 Å². The van der Waals surface area contributed by atoms with Gasteiger partial charge in [-0.3, -0.25) is 4.79 Å². The number of hydrogen-bond acceptors (Lipinski definition) is 10. The Morgan fingerprint density at radius 3 is 2.63 bits per heavy atom. The molecule has 2 N–H and O–H groups in total. The number of fused-ring (bicyclic) bond motifs is 1. The summed E-state index contributed by atoms with van der Waals surface area (Å²) in [5, 5.41) is 23.6. The van der Waals surface area contributed by atoms with Gasteiger partial charge < -0.3 is 24.7 Å². The number of amides is 1. The molecular weight excluding hydrogens is 484 g/mol. The Labute approximate surface area is 217 Å². The zero-order valence-electron chi connectivity index (χ0n) is 20.2. The zero-order chi connectivity index (χ0) is 25.9. The number of benzodiazepines with no additional fused rings is 1. The van der Waals surface area contributed by atoms with E-state index in [1.165, 1.54) is 6.20 Å². The van der Waals surface area contributed by atoms with Crippen molar-refractivity contribution in [1.29, 1.82) is 5.26 Å². The van der Waals surface area contributed by atoms with Crippen molar-refractivity contribution in [3.05, 3.63) is 83.6 Å². The maximum Gasteiger partial charge on any atom is 0.317 e. The highest BCUT2D eigenvalue weighted by molar-refractivity contribution is 6.19. The van der Waals surface area contributed by atoms with Crippen molar-refractivity contribution < 1.29 is 13.9 Å². The third kappa shape index (κ3) is 4.56. The first-order valence-electron chi connectivity index (χ1n) is 12.1. The number of ether oxygens (including phenoxy) is 1. The fourth-order valence-corrected chi connectivity index (χ4v) is 4.39. The highest BCUT2D eigenvalue weighted by Gasteiger charge is 2.28. The minimum Gasteiger partial charge on any atom is -0.403 e. The Kier molecular flexibility index (Phi) is 6.21. The lowest BCUT2D eigenvalue weighted by Gasteiger charge is -2.28. The number of nitrogens with one attached hydrogen (secondary N) is 2. The standard InChI is InChI=1S/C27H22N8O3/c28-15-17-14-20(24(29-16-17)35-10-12-37-13-11-35)26-33-34-27(38-26)32-23-25(36)30-21-9-5-4-8-19(21)22(31-23)18-6-2-1-3-7-18/h1-9,14,16,23H,10-13H2,(H,30,36)(H,32,34)/t23-/m1/s1. The molecular formula is C27H22N8O3. The molecule has 0 radical (unpaired) electrons. The maximum absolute atomic E-state index is 13.1. The van der Waals surface area contributed by atoms with Crippen LogP contribution in [0.15, 0.2) is 76.3 Å². The van der Waals surface area contributed by atoms with Gasteiger partial charge in [-0.2, -0.15) is 5.26 Å². The number of carbonyl (C=O) groups is 1. The maximum atomic E-state index is 13.1. The Morgan fingerprint density at radius 1 is 1.03 bits per heavy atom. The van der Waals surface area contributed by atoms with Gasteiger partial charge in [0.15, 0.2) is 0 Å². The lowest BCUT2D eigenvalue weighted by Crippen LogP contribution is -2.37. The van der Waals surface area contributed by atoms with Crippen molar-refractivity contribution in [2.75, 3.05) is 41.8 Å². The number of rotatable bonds is 5. The average Bonchev–Trinajstić information content (AvgIpc) is 3.39. The van der Waals surface area contributed by atoms with Crippen LogP contribution in [0.4, 0.5) is 17.5 Å². The lowest BCUT2D eigenvalue weighted by atomic mass is 10.0. The minimum absolute atomic E-state index is 0.0116. The average molecular weight is 507 g/mol. The molecule has 2 aliphatic rings. The first kappa shape index (κ1) is 23.3. The van der Waals surface area contributed by atoms with Crippen LogP contribution >= 0.6 is 0 Å². The molecule has 188 valence electrons. The normalized spacial score (nSPS) is 17.0. The van der Waals surface area contributed by atoms with E-state index in [0.717, 1.165) is 11.1 Å². The number of anilines is 3. The topological polar surface area (TPSA) is 142 Å². The number of hydrogen-bond donors (Lipinski definition) is 2. The summed E-state index contributed by atoms with van der Waals surface area (Å²) in [5.74, 6) is 0.419. The van der Waals surface area contributed by atoms with Gasteiger partial charge in [0.2, 0.25) is 6.17 Å². The lowest BCUT2D eigenvalue weighted by molar-refractivity contribution is -0.116.